The number of hydrogen-bond donors (Lipinski definition) is 5. The van der Waals surface area contributed by atoms with Crippen molar-refractivity contribution in [1.82, 2.24) is 14.9 Å². The molecule has 0 radical (unpaired) electrons. The van der Waals surface area contributed by atoms with Crippen LogP contribution in [0.25, 0.3) is 0 Å². The minimum atomic E-state index is -4.39. The van der Waals surface area contributed by atoms with E-state index in [1.54, 1.807) is 19.1 Å². The van der Waals surface area contributed by atoms with Crippen molar-refractivity contribution in [1.29, 1.82) is 0 Å². The van der Waals surface area contributed by atoms with Crippen LogP contribution in [-0.4, -0.2) is 149 Å². The zero-order valence-electron chi connectivity index (χ0n) is 45.0. The quantitative estimate of drug-likeness (QED) is 0.0721. The van der Waals surface area contributed by atoms with E-state index in [4.69, 9.17) is 43.0 Å². The number of carbonyl (C=O) groups is 3. The Hall–Kier alpha value is -6.08. The summed E-state index contributed by atoms with van der Waals surface area (Å²) in [6.07, 6.45) is 12.7. The summed E-state index contributed by atoms with van der Waals surface area (Å²) in [4.78, 5) is 42.0. The first kappa shape index (κ1) is 69.9. The third-order valence-corrected chi connectivity index (χ3v) is 15.1. The van der Waals surface area contributed by atoms with E-state index in [-0.39, 0.29) is 55.6 Å². The second-order valence-electron chi connectivity index (χ2n) is 18.6. The van der Waals surface area contributed by atoms with Gasteiger partial charge in [0.1, 0.15) is 12.0 Å². The summed E-state index contributed by atoms with van der Waals surface area (Å²) in [6, 6.07) is 13.4. The molecule has 5 rings (SSSR count). The number of sulfonamides is 1. The van der Waals surface area contributed by atoms with Crippen molar-refractivity contribution < 1.29 is 83.3 Å². The number of unbranched alkanes of at least 4 members (excludes halogenated alkanes) is 1. The fourth-order valence-corrected chi connectivity index (χ4v) is 10.7. The molecule has 0 saturated heterocycles. The van der Waals surface area contributed by atoms with E-state index in [1.807, 2.05) is 56.4 Å². The molecule has 6 N–H and O–H groups in total. The van der Waals surface area contributed by atoms with Crippen molar-refractivity contribution in [2.45, 2.75) is 109 Å². The molecule has 1 unspecified atom stereocenters. The Morgan fingerprint density at radius 1 is 0.782 bits per heavy atom. The molecule has 0 aromatic heterocycles. The molecule has 2 aromatic carbocycles. The van der Waals surface area contributed by atoms with E-state index < -0.39 is 86.3 Å². The second-order valence-corrected chi connectivity index (χ2v) is 23.4. The number of carboxylic acid groups (broad SMARTS) is 1. The van der Waals surface area contributed by atoms with Crippen LogP contribution < -0.4 is 21.3 Å². The zero-order chi connectivity index (χ0) is 60.0. The first-order valence-electron chi connectivity index (χ1n) is 24.3. The monoisotopic (exact) mass is 1190 g/mol. The molecule has 0 fully saturated rings. The van der Waals surface area contributed by atoms with Gasteiger partial charge >= 0.3 is 37.8 Å². The Labute approximate surface area is 461 Å². The maximum atomic E-state index is 14.4. The van der Waals surface area contributed by atoms with E-state index in [0.717, 1.165) is 54.2 Å². The van der Waals surface area contributed by atoms with Gasteiger partial charge in [0.15, 0.2) is 5.71 Å². The number of fused-ring (bicyclic) bond motifs is 2. The SMILES string of the molecule is CCCC[N+]1=C(/C=C/C2=CC(=C/C=C3/N(CCC)c4ccc(S(=O)(=O)N(C)CCCC(=O)O)cc4C3(C)C)/CC(C(=O)NCC)(C(=O)NCCS(=O)(=O)O)C2)C(C)(C)c2ccccc21.CN.O=S(=O)=O.O=S(=O)=O.O=S(=O)=O. The molecule has 2 amide bonds. The summed E-state index contributed by atoms with van der Waals surface area (Å²) in [5.41, 5.74) is 9.13. The van der Waals surface area contributed by atoms with Crippen molar-refractivity contribution in [3.05, 3.63) is 101 Å². The second kappa shape index (κ2) is 31.5. The molecule has 1 atom stereocenters. The molecule has 2 aliphatic heterocycles. The van der Waals surface area contributed by atoms with Crippen molar-refractivity contribution in [3.8, 4) is 0 Å². The van der Waals surface area contributed by atoms with Crippen LogP contribution in [-0.2, 0) is 77.2 Å². The number of nitrogens with two attached hydrogens (primary N) is 1. The number of rotatable bonds is 20. The van der Waals surface area contributed by atoms with E-state index in [9.17, 15) is 35.8 Å². The lowest BCUT2D eigenvalue weighted by Gasteiger charge is -2.35. The van der Waals surface area contributed by atoms with Crippen molar-refractivity contribution in [2.24, 2.45) is 11.1 Å². The molecule has 434 valence electrons. The summed E-state index contributed by atoms with van der Waals surface area (Å²) >= 11 is 0. The highest BCUT2D eigenvalue weighted by molar-refractivity contribution is 7.89. The lowest BCUT2D eigenvalue weighted by molar-refractivity contribution is -0.438. The van der Waals surface area contributed by atoms with Crippen LogP contribution in [0.5, 0.6) is 0 Å². The van der Waals surface area contributed by atoms with Gasteiger partial charge in [-0.1, -0.05) is 70.5 Å². The van der Waals surface area contributed by atoms with Gasteiger partial charge in [-0.25, -0.2) is 12.7 Å². The van der Waals surface area contributed by atoms with Crippen LogP contribution >= 0.6 is 0 Å². The Balaban J connectivity index is 0.00000195. The highest BCUT2D eigenvalue weighted by atomic mass is 32.2. The zero-order valence-corrected chi connectivity index (χ0v) is 49.1. The molecule has 24 nitrogen and oxygen atoms in total. The average molecular weight is 1190 g/mol. The maximum absolute atomic E-state index is 14.4. The largest absolute Gasteiger partial charge is 0.481 e. The molecule has 0 bridgehead atoms. The van der Waals surface area contributed by atoms with Crippen LogP contribution in [0.2, 0.25) is 0 Å². The number of nitrogens with one attached hydrogen (secondary N) is 2. The highest BCUT2D eigenvalue weighted by Gasteiger charge is 2.49. The normalized spacial score (nSPS) is 17.8. The molecule has 0 spiro atoms. The molecule has 2 heterocycles. The van der Waals surface area contributed by atoms with Crippen LogP contribution in [0.15, 0.2) is 94.6 Å². The van der Waals surface area contributed by atoms with Crippen molar-refractivity contribution in [2.75, 3.05) is 57.5 Å². The van der Waals surface area contributed by atoms with Crippen LogP contribution in [0.1, 0.15) is 105 Å². The first-order chi connectivity index (χ1) is 36.2. The Morgan fingerprint density at radius 3 is 1.90 bits per heavy atom. The van der Waals surface area contributed by atoms with Gasteiger partial charge in [-0.15, -0.1) is 37.9 Å². The fourth-order valence-electron chi connectivity index (χ4n) is 9.13. The molecule has 0 saturated carbocycles. The van der Waals surface area contributed by atoms with E-state index in [1.165, 1.54) is 24.0 Å². The average Bonchev–Trinajstić information content (AvgIpc) is 3.68. The first-order valence-corrected chi connectivity index (χ1v) is 30.3. The molecule has 3 aliphatic rings. The van der Waals surface area contributed by atoms with Gasteiger partial charge in [0.25, 0.3) is 10.1 Å². The van der Waals surface area contributed by atoms with Gasteiger partial charge in [-0.2, -0.15) is 13.0 Å². The standard InChI is InChI=1S/C48H65N5O9S2.CH5N.3O3S/c1-9-12-28-53-39-17-14-13-16-37(39)46(4,5)41(53)23-19-34-30-35(33-48(32-34,44(56)49-11-3)45(57)50-25-29-63(58,59)60)20-24-42-47(6,7)38-31-36(21-22-40(38)52(42)26-10-2)64(61,62)51(8)27-15-18-43(54)55;1-2;3*1-4(2)3/h13-14,16-17,19-24,30-31H,9-12,15,18,25-29,32-33H2,1-8H3,(H3-,49,50,54,55,56,57,58,59,60);2H2,1H3;;;/p+1. The van der Waals surface area contributed by atoms with Crippen LogP contribution in [0, 0.1) is 5.41 Å². The smallest absolute Gasteiger partial charge is 0.425 e. The minimum absolute atomic E-state index is 0.00838. The summed E-state index contributed by atoms with van der Waals surface area (Å²) in [5, 5.41) is 14.6. The summed E-state index contributed by atoms with van der Waals surface area (Å²) in [6.45, 7) is 15.8. The topological polar surface area (TPSA) is 373 Å². The Bertz CT molecular complexity index is 3160. The number of carbonyl (C=O) groups excluding carboxylic acids is 2. The van der Waals surface area contributed by atoms with Gasteiger partial charge in [0.05, 0.1) is 16.1 Å². The van der Waals surface area contributed by atoms with Gasteiger partial charge in [0.2, 0.25) is 27.5 Å². The summed E-state index contributed by atoms with van der Waals surface area (Å²) in [7, 11) is -14.7. The molecule has 2 aromatic rings. The van der Waals surface area contributed by atoms with E-state index in [0.29, 0.717) is 17.7 Å². The molecular weight excluding hydrogens is 1120 g/mol. The van der Waals surface area contributed by atoms with Crippen LogP contribution in [0.4, 0.5) is 11.4 Å². The van der Waals surface area contributed by atoms with Gasteiger partial charge in [0, 0.05) is 80.6 Å². The maximum Gasteiger partial charge on any atom is 0.425 e. The number of allylic oxidation sites excluding steroid dienone is 8. The number of para-hydroxylation sites is 1. The number of benzene rings is 2. The molecule has 29 heteroatoms. The predicted molar refractivity (Wildman–Crippen MR) is 290 cm³/mol. The number of amides is 2. The Morgan fingerprint density at radius 2 is 1.36 bits per heavy atom. The number of nitrogens with zero attached hydrogens (tertiary/aromatic N) is 3. The number of anilines is 1. The number of hydrogen-bond acceptors (Lipinski definition) is 18. The van der Waals surface area contributed by atoms with Gasteiger partial charge < -0.3 is 26.4 Å². The fraction of sp³-hybridized carbons (Fsp3) is 0.510. The lowest BCUT2D eigenvalue weighted by atomic mass is 9.70. The van der Waals surface area contributed by atoms with E-state index in [2.05, 4.69) is 71.7 Å². The van der Waals surface area contributed by atoms with Crippen molar-refractivity contribution >= 4 is 86.8 Å². The Kier molecular flexibility index (Phi) is 28.2. The summed E-state index contributed by atoms with van der Waals surface area (Å²) < 4.78 is 140. The predicted octanol–water partition coefficient (Wildman–Crippen LogP) is 3.33. The lowest BCUT2D eigenvalue weighted by Crippen LogP contribution is -2.53. The highest BCUT2D eigenvalue weighted by Crippen LogP contribution is 2.49. The molecule has 1 aliphatic carbocycles. The minimum Gasteiger partial charge on any atom is -0.481 e. The van der Waals surface area contributed by atoms with Gasteiger partial charge in [-0.05, 0) is 94.5 Å². The molecule has 78 heavy (non-hydrogen) atoms. The van der Waals surface area contributed by atoms with Crippen molar-refractivity contribution in [3.63, 3.8) is 0 Å². The number of carboxylic acids is 1. The van der Waals surface area contributed by atoms with Crippen LogP contribution in [0.3, 0.4) is 0 Å². The van der Waals surface area contributed by atoms with E-state index >= 15 is 0 Å². The summed E-state index contributed by atoms with van der Waals surface area (Å²) in [5.74, 6) is -2.87. The number of aliphatic carboxylic acids is 1. The molecular formula is C49H71N6O18S5+. The third kappa shape index (κ3) is 20.0. The van der Waals surface area contributed by atoms with Gasteiger partial charge in [-0.3, -0.25) is 18.9 Å². The third-order valence-electron chi connectivity index (χ3n) is 12.6.